The molecule has 0 spiro atoms. The molecule has 1 aromatic heterocycles. The van der Waals surface area contributed by atoms with Crippen molar-refractivity contribution in [3.8, 4) is 0 Å². The topological polar surface area (TPSA) is 52.0 Å². The first-order chi connectivity index (χ1) is 9.27. The summed E-state index contributed by atoms with van der Waals surface area (Å²) in [6.07, 6.45) is 1.20. The second-order valence-electron chi connectivity index (χ2n) is 5.41. The second kappa shape index (κ2) is 5.37. The van der Waals surface area contributed by atoms with Gasteiger partial charge in [-0.1, -0.05) is 19.9 Å². The van der Waals surface area contributed by atoms with E-state index in [-0.39, 0.29) is 16.8 Å². The number of sulfone groups is 1. The van der Waals surface area contributed by atoms with Crippen molar-refractivity contribution >= 4 is 32.5 Å². The fourth-order valence-corrected chi connectivity index (χ4v) is 3.30. The number of aromatic nitrogens is 2. The van der Waals surface area contributed by atoms with Crippen LogP contribution in [-0.2, 0) is 15.7 Å². The van der Waals surface area contributed by atoms with Crippen molar-refractivity contribution in [2.45, 2.75) is 37.6 Å². The molecule has 0 fully saturated rings. The molecule has 0 saturated carbocycles. The summed E-state index contributed by atoms with van der Waals surface area (Å²) in [7, 11) is -3.31. The van der Waals surface area contributed by atoms with E-state index < -0.39 is 9.84 Å². The van der Waals surface area contributed by atoms with Gasteiger partial charge in [0, 0.05) is 12.3 Å². The van der Waals surface area contributed by atoms with Crippen molar-refractivity contribution < 1.29 is 8.42 Å². The van der Waals surface area contributed by atoms with E-state index in [1.54, 1.807) is 12.1 Å². The molecule has 0 aliphatic heterocycles. The van der Waals surface area contributed by atoms with Crippen LogP contribution < -0.4 is 0 Å². The number of benzene rings is 1. The monoisotopic (exact) mass is 314 g/mol. The van der Waals surface area contributed by atoms with Crippen molar-refractivity contribution in [3.05, 3.63) is 24.0 Å². The summed E-state index contributed by atoms with van der Waals surface area (Å²) < 4.78 is 25.8. The van der Waals surface area contributed by atoms with Crippen LogP contribution in [0.15, 0.2) is 23.1 Å². The smallest absolute Gasteiger partial charge is 0.177 e. The van der Waals surface area contributed by atoms with E-state index in [1.165, 1.54) is 6.26 Å². The van der Waals surface area contributed by atoms with E-state index in [1.807, 2.05) is 10.6 Å². The van der Waals surface area contributed by atoms with E-state index in [0.717, 1.165) is 5.52 Å². The molecule has 0 saturated heterocycles. The zero-order valence-corrected chi connectivity index (χ0v) is 13.7. The third-order valence-corrected chi connectivity index (χ3v) is 5.01. The van der Waals surface area contributed by atoms with Gasteiger partial charge in [-0.15, -0.1) is 11.6 Å². The Morgan fingerprint density at radius 2 is 1.95 bits per heavy atom. The number of nitrogens with zero attached hydrogens (tertiary/aromatic N) is 2. The summed E-state index contributed by atoms with van der Waals surface area (Å²) in [6.45, 7) is 6.33. The summed E-state index contributed by atoms with van der Waals surface area (Å²) in [5.74, 6) is 1.37. The van der Waals surface area contributed by atoms with Gasteiger partial charge in [-0.05, 0) is 25.0 Å². The zero-order valence-electron chi connectivity index (χ0n) is 12.1. The fourth-order valence-electron chi connectivity index (χ4n) is 2.29. The van der Waals surface area contributed by atoms with Crippen LogP contribution in [0.3, 0.4) is 0 Å². The van der Waals surface area contributed by atoms with Gasteiger partial charge < -0.3 is 4.57 Å². The average molecular weight is 315 g/mol. The molecule has 0 aliphatic rings. The SMILES string of the molecule is CC(C)C(C)n1c(CCl)nc2c(S(C)(=O)=O)cccc21. The fraction of sp³-hybridized carbons (Fsp3) is 0.500. The minimum atomic E-state index is -3.31. The highest BCUT2D eigenvalue weighted by atomic mass is 35.5. The van der Waals surface area contributed by atoms with E-state index >= 15 is 0 Å². The number of para-hydroxylation sites is 1. The van der Waals surface area contributed by atoms with Crippen molar-refractivity contribution in [2.75, 3.05) is 6.26 Å². The Labute approximate surface area is 124 Å². The van der Waals surface area contributed by atoms with Gasteiger partial charge in [-0.25, -0.2) is 13.4 Å². The van der Waals surface area contributed by atoms with Crippen molar-refractivity contribution in [3.63, 3.8) is 0 Å². The molecular weight excluding hydrogens is 296 g/mol. The van der Waals surface area contributed by atoms with Gasteiger partial charge in [-0.2, -0.15) is 0 Å². The second-order valence-corrected chi connectivity index (χ2v) is 7.66. The Morgan fingerprint density at radius 1 is 1.30 bits per heavy atom. The van der Waals surface area contributed by atoms with Crippen LogP contribution in [0, 0.1) is 5.92 Å². The lowest BCUT2D eigenvalue weighted by Gasteiger charge is -2.20. The minimum Gasteiger partial charge on any atom is -0.324 e. The molecule has 0 bridgehead atoms. The molecule has 1 atom stereocenters. The first-order valence-corrected chi connectivity index (χ1v) is 8.95. The van der Waals surface area contributed by atoms with Gasteiger partial charge in [0.15, 0.2) is 9.84 Å². The molecule has 6 heteroatoms. The predicted octanol–water partition coefficient (Wildman–Crippen LogP) is 3.40. The largest absolute Gasteiger partial charge is 0.324 e. The van der Waals surface area contributed by atoms with Crippen molar-refractivity contribution in [1.29, 1.82) is 0 Å². The molecule has 4 nitrogen and oxygen atoms in total. The van der Waals surface area contributed by atoms with Gasteiger partial charge in [-0.3, -0.25) is 0 Å². The molecule has 1 unspecified atom stereocenters. The molecule has 2 rings (SSSR count). The van der Waals surface area contributed by atoms with Crippen LogP contribution in [0.2, 0.25) is 0 Å². The highest BCUT2D eigenvalue weighted by Gasteiger charge is 2.21. The van der Waals surface area contributed by atoms with E-state index in [4.69, 9.17) is 11.6 Å². The molecule has 1 aromatic carbocycles. The lowest BCUT2D eigenvalue weighted by atomic mass is 10.1. The lowest BCUT2D eigenvalue weighted by Crippen LogP contribution is -2.13. The minimum absolute atomic E-state index is 0.198. The number of rotatable bonds is 4. The summed E-state index contributed by atoms with van der Waals surface area (Å²) in [5.41, 5.74) is 1.34. The average Bonchev–Trinajstić information content (AvgIpc) is 2.74. The number of alkyl halides is 1. The van der Waals surface area contributed by atoms with Gasteiger partial charge in [0.1, 0.15) is 11.3 Å². The summed E-state index contributed by atoms with van der Waals surface area (Å²) in [4.78, 5) is 4.71. The van der Waals surface area contributed by atoms with Crippen LogP contribution in [-0.4, -0.2) is 24.2 Å². The van der Waals surface area contributed by atoms with Crippen LogP contribution >= 0.6 is 11.6 Å². The Balaban J connectivity index is 2.83. The number of fused-ring (bicyclic) bond motifs is 1. The lowest BCUT2D eigenvalue weighted by molar-refractivity contribution is 0.409. The summed E-state index contributed by atoms with van der Waals surface area (Å²) in [5, 5.41) is 0. The van der Waals surface area contributed by atoms with Gasteiger partial charge in [0.2, 0.25) is 0 Å². The van der Waals surface area contributed by atoms with Crippen LogP contribution in [0.25, 0.3) is 11.0 Å². The Morgan fingerprint density at radius 3 is 2.45 bits per heavy atom. The zero-order chi connectivity index (χ0) is 15.1. The third-order valence-electron chi connectivity index (χ3n) is 3.65. The molecule has 110 valence electrons. The highest BCUT2D eigenvalue weighted by Crippen LogP contribution is 2.30. The Bertz CT molecular complexity index is 735. The molecule has 0 aliphatic carbocycles. The first kappa shape index (κ1) is 15.3. The van der Waals surface area contributed by atoms with Crippen LogP contribution in [0.5, 0.6) is 0 Å². The first-order valence-electron chi connectivity index (χ1n) is 6.53. The van der Waals surface area contributed by atoms with Crippen molar-refractivity contribution in [1.82, 2.24) is 9.55 Å². The van der Waals surface area contributed by atoms with Gasteiger partial charge >= 0.3 is 0 Å². The van der Waals surface area contributed by atoms with Gasteiger partial charge in [0.05, 0.1) is 16.3 Å². The Hall–Kier alpha value is -1.07. The Kier molecular flexibility index (Phi) is 4.12. The molecule has 0 radical (unpaired) electrons. The van der Waals surface area contributed by atoms with Crippen LogP contribution in [0.4, 0.5) is 0 Å². The molecular formula is C14H19ClN2O2S. The summed E-state index contributed by atoms with van der Waals surface area (Å²) in [6, 6.07) is 5.43. The summed E-state index contributed by atoms with van der Waals surface area (Å²) >= 11 is 5.99. The molecule has 2 aromatic rings. The number of hydrogen-bond acceptors (Lipinski definition) is 3. The maximum Gasteiger partial charge on any atom is 0.177 e. The predicted molar refractivity (Wildman–Crippen MR) is 81.9 cm³/mol. The number of hydrogen-bond donors (Lipinski definition) is 0. The number of halogens is 1. The van der Waals surface area contributed by atoms with E-state index in [9.17, 15) is 8.42 Å². The maximum absolute atomic E-state index is 11.9. The van der Waals surface area contributed by atoms with Crippen molar-refractivity contribution in [2.24, 2.45) is 5.92 Å². The molecule has 0 amide bonds. The molecule has 1 heterocycles. The highest BCUT2D eigenvalue weighted by molar-refractivity contribution is 7.91. The molecule has 0 N–H and O–H groups in total. The quantitative estimate of drug-likeness (QED) is 0.813. The molecule has 20 heavy (non-hydrogen) atoms. The standard InChI is InChI=1S/C14H19ClN2O2S/c1-9(2)10(3)17-11-6-5-7-12(20(4,18)19)14(11)16-13(17)8-15/h5-7,9-10H,8H2,1-4H3. The number of imidazole rings is 1. The van der Waals surface area contributed by atoms with Crippen LogP contribution in [0.1, 0.15) is 32.6 Å². The van der Waals surface area contributed by atoms with E-state index in [2.05, 4.69) is 25.8 Å². The normalized spacial score (nSPS) is 14.1. The van der Waals surface area contributed by atoms with E-state index in [0.29, 0.717) is 17.3 Å². The van der Waals surface area contributed by atoms with Gasteiger partial charge in [0.25, 0.3) is 0 Å². The maximum atomic E-state index is 11.9. The third kappa shape index (κ3) is 2.56.